The second-order valence-corrected chi connectivity index (χ2v) is 6.59. The van der Waals surface area contributed by atoms with Gasteiger partial charge in [0.15, 0.2) is 5.82 Å². The van der Waals surface area contributed by atoms with Crippen LogP contribution in [-0.2, 0) is 7.05 Å². The van der Waals surface area contributed by atoms with Gasteiger partial charge < -0.3 is 10.5 Å². The molecule has 140 valence electrons. The van der Waals surface area contributed by atoms with E-state index in [-0.39, 0.29) is 12.3 Å². The topological polar surface area (TPSA) is 78.8 Å². The molecular formula is C19H19F2N5O. The highest BCUT2D eigenvalue weighted by Gasteiger charge is 2.27. The number of nitrogens with zero attached hydrogens (tertiary/aromatic N) is 4. The van der Waals surface area contributed by atoms with E-state index in [1.807, 2.05) is 6.07 Å². The Kier molecular flexibility index (Phi) is 4.57. The summed E-state index contributed by atoms with van der Waals surface area (Å²) >= 11 is 0. The van der Waals surface area contributed by atoms with Crippen LogP contribution in [0.25, 0.3) is 11.4 Å². The van der Waals surface area contributed by atoms with Crippen molar-refractivity contribution in [3.8, 4) is 23.0 Å². The molecule has 1 saturated carbocycles. The van der Waals surface area contributed by atoms with Crippen molar-refractivity contribution in [1.29, 1.82) is 0 Å². The quantitative estimate of drug-likeness (QED) is 0.715. The van der Waals surface area contributed by atoms with Crippen LogP contribution in [-0.4, -0.2) is 26.3 Å². The summed E-state index contributed by atoms with van der Waals surface area (Å²) in [6.45, 7) is -0.141. The maximum Gasteiger partial charge on any atom is 0.217 e. The summed E-state index contributed by atoms with van der Waals surface area (Å²) in [5, 5.41) is 4.45. The Balaban J connectivity index is 1.66. The molecule has 6 nitrogen and oxygen atoms in total. The number of hydrogen-bond donors (Lipinski definition) is 1. The van der Waals surface area contributed by atoms with Crippen molar-refractivity contribution in [2.75, 3.05) is 6.54 Å². The van der Waals surface area contributed by atoms with E-state index in [4.69, 9.17) is 10.5 Å². The average Bonchev–Trinajstić information content (AvgIpc) is 3.46. The molecule has 2 N–H and O–H groups in total. The maximum atomic E-state index is 13.8. The van der Waals surface area contributed by atoms with E-state index in [9.17, 15) is 8.78 Å². The summed E-state index contributed by atoms with van der Waals surface area (Å²) in [6, 6.07) is 5.98. The number of nitrogens with two attached hydrogens (primary N) is 1. The van der Waals surface area contributed by atoms with Gasteiger partial charge in [-0.1, -0.05) is 0 Å². The molecule has 0 spiro atoms. The Morgan fingerprint density at radius 3 is 2.67 bits per heavy atom. The molecule has 2 aromatic heterocycles. The van der Waals surface area contributed by atoms with E-state index in [1.165, 1.54) is 30.6 Å². The summed E-state index contributed by atoms with van der Waals surface area (Å²) in [5.74, 6) is 1.12. The second kappa shape index (κ2) is 7.03. The molecule has 1 aromatic carbocycles. The highest BCUT2D eigenvalue weighted by atomic mass is 19.1. The number of ether oxygens (including phenoxy) is 1. The van der Waals surface area contributed by atoms with Crippen molar-refractivity contribution in [2.45, 2.75) is 24.9 Å². The Morgan fingerprint density at radius 2 is 2.00 bits per heavy atom. The molecule has 1 aliphatic rings. The predicted molar refractivity (Wildman–Crippen MR) is 95.6 cm³/mol. The van der Waals surface area contributed by atoms with Crippen LogP contribution in [0.4, 0.5) is 8.78 Å². The molecule has 0 saturated heterocycles. The van der Waals surface area contributed by atoms with Gasteiger partial charge in [-0.3, -0.25) is 0 Å². The summed E-state index contributed by atoms with van der Waals surface area (Å²) in [4.78, 5) is 8.37. The Bertz CT molecular complexity index is 953. The zero-order chi connectivity index (χ0) is 19.0. The van der Waals surface area contributed by atoms with Gasteiger partial charge in [0.25, 0.3) is 0 Å². The molecule has 4 rings (SSSR count). The number of alkyl halides is 1. The van der Waals surface area contributed by atoms with Crippen molar-refractivity contribution in [2.24, 2.45) is 12.8 Å². The van der Waals surface area contributed by atoms with E-state index >= 15 is 0 Å². The lowest BCUT2D eigenvalue weighted by atomic mass is 10.1. The Labute approximate surface area is 155 Å². The minimum Gasteiger partial charge on any atom is -0.438 e. The fraction of sp³-hybridized carbons (Fsp3) is 0.316. The fourth-order valence-electron chi connectivity index (χ4n) is 2.80. The van der Waals surface area contributed by atoms with Gasteiger partial charge in [-0.25, -0.2) is 23.4 Å². The van der Waals surface area contributed by atoms with Crippen LogP contribution in [0.5, 0.6) is 11.6 Å². The SMILES string of the molecule is Cn1nc(C2CC2)cc1Oc1cc(F)ccc1-c1ncc([C@@H](F)CN)cn1. The van der Waals surface area contributed by atoms with Gasteiger partial charge >= 0.3 is 0 Å². The minimum absolute atomic E-state index is 0.141. The van der Waals surface area contributed by atoms with Crippen molar-refractivity contribution in [3.63, 3.8) is 0 Å². The summed E-state index contributed by atoms with van der Waals surface area (Å²) in [6.07, 6.45) is 3.68. The lowest BCUT2D eigenvalue weighted by Gasteiger charge is -2.11. The number of hydrogen-bond acceptors (Lipinski definition) is 5. The monoisotopic (exact) mass is 371 g/mol. The van der Waals surface area contributed by atoms with Crippen molar-refractivity contribution >= 4 is 0 Å². The second-order valence-electron chi connectivity index (χ2n) is 6.59. The van der Waals surface area contributed by atoms with Gasteiger partial charge in [-0.05, 0) is 25.0 Å². The largest absolute Gasteiger partial charge is 0.438 e. The van der Waals surface area contributed by atoms with E-state index in [1.54, 1.807) is 11.7 Å². The number of rotatable bonds is 6. The number of halogens is 2. The van der Waals surface area contributed by atoms with E-state index in [0.717, 1.165) is 18.5 Å². The first-order chi connectivity index (χ1) is 13.0. The third-order valence-electron chi connectivity index (χ3n) is 4.49. The van der Waals surface area contributed by atoms with Crippen LogP contribution in [0, 0.1) is 5.82 Å². The molecule has 0 amide bonds. The molecule has 27 heavy (non-hydrogen) atoms. The average molecular weight is 371 g/mol. The number of aromatic nitrogens is 4. The highest BCUT2D eigenvalue weighted by molar-refractivity contribution is 5.64. The Morgan fingerprint density at radius 1 is 1.26 bits per heavy atom. The molecule has 0 radical (unpaired) electrons. The lowest BCUT2D eigenvalue weighted by molar-refractivity contribution is 0.351. The third-order valence-corrected chi connectivity index (χ3v) is 4.49. The zero-order valence-electron chi connectivity index (χ0n) is 14.8. The molecule has 1 atom stereocenters. The van der Waals surface area contributed by atoms with Crippen LogP contribution >= 0.6 is 0 Å². The number of benzene rings is 1. The van der Waals surface area contributed by atoms with Crippen molar-refractivity contribution in [1.82, 2.24) is 19.7 Å². The molecule has 0 aliphatic heterocycles. The highest BCUT2D eigenvalue weighted by Crippen LogP contribution is 2.41. The zero-order valence-corrected chi connectivity index (χ0v) is 14.8. The first kappa shape index (κ1) is 17.5. The molecule has 0 unspecified atom stereocenters. The molecule has 0 bridgehead atoms. The molecule has 8 heteroatoms. The summed E-state index contributed by atoms with van der Waals surface area (Å²) in [5.41, 5.74) is 7.09. The maximum absolute atomic E-state index is 13.8. The van der Waals surface area contributed by atoms with E-state index in [0.29, 0.717) is 28.7 Å². The lowest BCUT2D eigenvalue weighted by Crippen LogP contribution is -2.08. The van der Waals surface area contributed by atoms with Crippen molar-refractivity contribution in [3.05, 3.63) is 53.7 Å². The fourth-order valence-corrected chi connectivity index (χ4v) is 2.80. The molecular weight excluding hydrogens is 352 g/mol. The first-order valence-corrected chi connectivity index (χ1v) is 8.73. The van der Waals surface area contributed by atoms with Gasteiger partial charge in [0, 0.05) is 49.6 Å². The molecule has 1 fully saturated rings. The van der Waals surface area contributed by atoms with Crippen LogP contribution < -0.4 is 10.5 Å². The molecule has 3 aromatic rings. The smallest absolute Gasteiger partial charge is 0.217 e. The van der Waals surface area contributed by atoms with Crippen LogP contribution in [0.3, 0.4) is 0 Å². The van der Waals surface area contributed by atoms with Gasteiger partial charge in [-0.2, -0.15) is 5.10 Å². The van der Waals surface area contributed by atoms with Crippen LogP contribution in [0.2, 0.25) is 0 Å². The van der Waals surface area contributed by atoms with E-state index < -0.39 is 12.0 Å². The normalized spacial score (nSPS) is 15.0. The summed E-state index contributed by atoms with van der Waals surface area (Å²) in [7, 11) is 1.78. The van der Waals surface area contributed by atoms with Crippen LogP contribution in [0.15, 0.2) is 36.7 Å². The van der Waals surface area contributed by atoms with E-state index in [2.05, 4.69) is 15.1 Å². The van der Waals surface area contributed by atoms with Gasteiger partial charge in [0.05, 0.1) is 11.3 Å². The van der Waals surface area contributed by atoms with Gasteiger partial charge in [0.1, 0.15) is 17.7 Å². The standard InChI is InChI=1S/C19H19F2N5O/c1-26-18(7-16(25-26)11-2-3-11)27-17-6-13(20)4-5-14(17)19-23-9-12(10-24-19)15(21)8-22/h4-7,9-11,15H,2-3,8,22H2,1H3/t15-/m0/s1. The Hall–Kier alpha value is -2.87. The minimum atomic E-state index is -1.32. The third kappa shape index (κ3) is 3.66. The molecule has 1 aliphatic carbocycles. The first-order valence-electron chi connectivity index (χ1n) is 8.73. The predicted octanol–water partition coefficient (Wildman–Crippen LogP) is 3.66. The summed E-state index contributed by atoms with van der Waals surface area (Å²) < 4.78 is 35.0. The van der Waals surface area contributed by atoms with Gasteiger partial charge in [-0.15, -0.1) is 0 Å². The van der Waals surface area contributed by atoms with Crippen molar-refractivity contribution < 1.29 is 13.5 Å². The number of aryl methyl sites for hydroxylation is 1. The van der Waals surface area contributed by atoms with Gasteiger partial charge in [0.2, 0.25) is 5.88 Å². The van der Waals surface area contributed by atoms with Crippen LogP contribution in [0.1, 0.15) is 36.2 Å². The molecule has 2 heterocycles.